The zero-order chi connectivity index (χ0) is 17.1. The number of nitriles is 2. The van der Waals surface area contributed by atoms with E-state index in [0.717, 1.165) is 21.6 Å². The van der Waals surface area contributed by atoms with Crippen LogP contribution in [-0.4, -0.2) is 33.7 Å². The van der Waals surface area contributed by atoms with Gasteiger partial charge in [0.1, 0.15) is 17.9 Å². The lowest BCUT2D eigenvalue weighted by Crippen LogP contribution is -2.31. The summed E-state index contributed by atoms with van der Waals surface area (Å²) in [5, 5.41) is 23.1. The molecule has 0 unspecified atom stereocenters. The van der Waals surface area contributed by atoms with Gasteiger partial charge in [-0.3, -0.25) is 4.79 Å². The van der Waals surface area contributed by atoms with Crippen LogP contribution in [0.2, 0.25) is 0 Å². The van der Waals surface area contributed by atoms with Gasteiger partial charge >= 0.3 is 0 Å². The van der Waals surface area contributed by atoms with E-state index in [-0.39, 0.29) is 19.0 Å². The van der Waals surface area contributed by atoms with Crippen LogP contribution in [0.1, 0.15) is 15.4 Å². The monoisotopic (exact) mass is 335 g/mol. The van der Waals surface area contributed by atoms with E-state index < -0.39 is 0 Å². The van der Waals surface area contributed by atoms with Crippen LogP contribution >= 0.6 is 11.3 Å². The SMILES string of the molecule is Cc1nn(-c2ccccc2)c2sc(C(=O)N(CC#N)CC#N)cc12. The molecule has 6 nitrogen and oxygen atoms in total. The smallest absolute Gasteiger partial charge is 0.265 e. The van der Waals surface area contributed by atoms with Gasteiger partial charge in [-0.15, -0.1) is 11.3 Å². The van der Waals surface area contributed by atoms with E-state index in [1.807, 2.05) is 54.1 Å². The number of aromatic nitrogens is 2. The predicted molar refractivity (Wildman–Crippen MR) is 90.8 cm³/mol. The Labute approximate surface area is 142 Å². The third-order valence-electron chi connectivity index (χ3n) is 3.57. The Kier molecular flexibility index (Phi) is 4.28. The van der Waals surface area contributed by atoms with Gasteiger partial charge in [-0.05, 0) is 25.1 Å². The number of carbonyl (C=O) groups is 1. The summed E-state index contributed by atoms with van der Waals surface area (Å²) in [5.74, 6) is -0.307. The van der Waals surface area contributed by atoms with Crippen LogP contribution in [0.15, 0.2) is 36.4 Å². The van der Waals surface area contributed by atoms with Crippen molar-refractivity contribution in [3.05, 3.63) is 47.0 Å². The number of hydrogen-bond acceptors (Lipinski definition) is 5. The Morgan fingerprint density at radius 1 is 1.25 bits per heavy atom. The molecule has 0 saturated carbocycles. The van der Waals surface area contributed by atoms with Crippen LogP contribution in [0, 0.1) is 29.6 Å². The van der Waals surface area contributed by atoms with Gasteiger partial charge in [0, 0.05) is 5.39 Å². The van der Waals surface area contributed by atoms with Crippen LogP contribution in [0.4, 0.5) is 0 Å². The minimum absolute atomic E-state index is 0.107. The van der Waals surface area contributed by atoms with Gasteiger partial charge < -0.3 is 4.90 Å². The molecule has 1 aromatic carbocycles. The molecule has 0 atom stereocenters. The van der Waals surface area contributed by atoms with E-state index in [1.165, 1.54) is 16.2 Å². The molecule has 0 aliphatic rings. The quantitative estimate of drug-likeness (QED) is 0.686. The zero-order valence-electron chi connectivity index (χ0n) is 12.9. The van der Waals surface area contributed by atoms with Crippen molar-refractivity contribution in [1.82, 2.24) is 14.7 Å². The highest BCUT2D eigenvalue weighted by Crippen LogP contribution is 2.31. The Balaban J connectivity index is 2.05. The summed E-state index contributed by atoms with van der Waals surface area (Å²) in [7, 11) is 0. The van der Waals surface area contributed by atoms with E-state index in [9.17, 15) is 4.79 Å². The number of nitrogens with zero attached hydrogens (tertiary/aromatic N) is 5. The van der Waals surface area contributed by atoms with E-state index >= 15 is 0 Å². The maximum atomic E-state index is 12.6. The van der Waals surface area contributed by atoms with Gasteiger partial charge in [-0.2, -0.15) is 15.6 Å². The molecule has 0 fully saturated rings. The molecule has 0 bridgehead atoms. The highest BCUT2D eigenvalue weighted by Gasteiger charge is 2.21. The number of fused-ring (bicyclic) bond motifs is 1. The molecule has 118 valence electrons. The van der Waals surface area contributed by atoms with Crippen molar-refractivity contribution in [1.29, 1.82) is 10.5 Å². The van der Waals surface area contributed by atoms with Gasteiger partial charge in [0.05, 0.1) is 28.4 Å². The fourth-order valence-electron chi connectivity index (χ4n) is 2.42. The molecular weight excluding hydrogens is 322 g/mol. The molecule has 0 saturated heterocycles. The van der Waals surface area contributed by atoms with Gasteiger partial charge in [0.15, 0.2) is 0 Å². The van der Waals surface area contributed by atoms with Crippen molar-refractivity contribution in [2.24, 2.45) is 0 Å². The average molecular weight is 335 g/mol. The molecule has 0 spiro atoms. The highest BCUT2D eigenvalue weighted by molar-refractivity contribution is 7.20. The second kappa shape index (κ2) is 6.53. The molecule has 3 rings (SSSR count). The van der Waals surface area contributed by atoms with Gasteiger partial charge in [0.2, 0.25) is 0 Å². The third-order valence-corrected chi connectivity index (χ3v) is 4.67. The lowest BCUT2D eigenvalue weighted by atomic mass is 10.3. The van der Waals surface area contributed by atoms with Crippen LogP contribution in [0.3, 0.4) is 0 Å². The van der Waals surface area contributed by atoms with Gasteiger partial charge in [0.25, 0.3) is 5.91 Å². The van der Waals surface area contributed by atoms with Crippen LogP contribution in [0.5, 0.6) is 0 Å². The maximum absolute atomic E-state index is 12.6. The second-order valence-electron chi connectivity index (χ2n) is 5.14. The third kappa shape index (κ3) is 2.73. The van der Waals surface area contributed by atoms with E-state index in [2.05, 4.69) is 5.10 Å². The van der Waals surface area contributed by atoms with Crippen molar-refractivity contribution in [2.75, 3.05) is 13.1 Å². The Morgan fingerprint density at radius 2 is 1.92 bits per heavy atom. The number of aryl methyl sites for hydroxylation is 1. The molecule has 24 heavy (non-hydrogen) atoms. The summed E-state index contributed by atoms with van der Waals surface area (Å²) in [4.78, 5) is 15.2. The fourth-order valence-corrected chi connectivity index (χ4v) is 3.57. The topological polar surface area (TPSA) is 85.7 Å². The molecule has 7 heteroatoms. The lowest BCUT2D eigenvalue weighted by Gasteiger charge is -2.14. The Hall–Kier alpha value is -3.16. The molecule has 2 heterocycles. The maximum Gasteiger partial charge on any atom is 0.265 e. The summed E-state index contributed by atoms with van der Waals surface area (Å²) in [5.41, 5.74) is 1.75. The standard InChI is InChI=1S/C17H13N5OS/c1-12-14-11-15(16(23)21(9-7-18)10-8-19)24-17(14)22(20-12)13-5-3-2-4-6-13/h2-6,11H,9-10H2,1H3. The highest BCUT2D eigenvalue weighted by atomic mass is 32.1. The Bertz CT molecular complexity index is 958. The minimum Gasteiger partial charge on any atom is -0.311 e. The summed E-state index contributed by atoms with van der Waals surface area (Å²) in [6, 6.07) is 15.3. The van der Waals surface area contributed by atoms with Gasteiger partial charge in [-0.25, -0.2) is 4.68 Å². The van der Waals surface area contributed by atoms with Crippen molar-refractivity contribution in [2.45, 2.75) is 6.92 Å². The molecule has 0 radical (unpaired) electrons. The largest absolute Gasteiger partial charge is 0.311 e. The summed E-state index contributed by atoms with van der Waals surface area (Å²) in [6.07, 6.45) is 0. The molecule has 2 aromatic heterocycles. The lowest BCUT2D eigenvalue weighted by molar-refractivity contribution is 0.0799. The number of para-hydroxylation sites is 1. The molecule has 0 aliphatic heterocycles. The average Bonchev–Trinajstić information content (AvgIpc) is 3.16. The zero-order valence-corrected chi connectivity index (χ0v) is 13.7. The molecule has 0 aliphatic carbocycles. The summed E-state index contributed by atoms with van der Waals surface area (Å²) >= 11 is 1.32. The number of hydrogen-bond donors (Lipinski definition) is 0. The van der Waals surface area contributed by atoms with Crippen molar-refractivity contribution < 1.29 is 4.79 Å². The van der Waals surface area contributed by atoms with Crippen molar-refractivity contribution in [3.8, 4) is 17.8 Å². The fraction of sp³-hybridized carbons (Fsp3) is 0.176. The van der Waals surface area contributed by atoms with E-state index in [0.29, 0.717) is 4.88 Å². The van der Waals surface area contributed by atoms with Crippen molar-refractivity contribution in [3.63, 3.8) is 0 Å². The molecule has 0 N–H and O–H groups in total. The summed E-state index contributed by atoms with van der Waals surface area (Å²) < 4.78 is 1.81. The number of benzene rings is 1. The Morgan fingerprint density at radius 3 is 2.54 bits per heavy atom. The number of thiophene rings is 1. The minimum atomic E-state index is -0.307. The predicted octanol–water partition coefficient (Wildman–Crippen LogP) is 2.88. The second-order valence-corrected chi connectivity index (χ2v) is 6.17. The number of rotatable bonds is 4. The first kappa shape index (κ1) is 15.7. The normalized spacial score (nSPS) is 10.3. The van der Waals surface area contributed by atoms with E-state index in [4.69, 9.17) is 10.5 Å². The van der Waals surface area contributed by atoms with E-state index in [1.54, 1.807) is 6.07 Å². The number of carbonyl (C=O) groups excluding carboxylic acids is 1. The van der Waals surface area contributed by atoms with Gasteiger partial charge in [-0.1, -0.05) is 18.2 Å². The summed E-state index contributed by atoms with van der Waals surface area (Å²) in [6.45, 7) is 1.68. The van der Waals surface area contributed by atoms with Crippen LogP contribution in [0.25, 0.3) is 15.9 Å². The van der Waals surface area contributed by atoms with Crippen LogP contribution < -0.4 is 0 Å². The van der Waals surface area contributed by atoms with Crippen molar-refractivity contribution >= 4 is 27.5 Å². The first-order chi connectivity index (χ1) is 11.7. The number of amides is 1. The first-order valence-corrected chi connectivity index (χ1v) is 8.05. The molecular formula is C17H13N5OS. The molecule has 1 amide bonds. The molecule has 3 aromatic rings. The van der Waals surface area contributed by atoms with Crippen LogP contribution in [-0.2, 0) is 0 Å². The first-order valence-electron chi connectivity index (χ1n) is 7.23.